The zero-order chi connectivity index (χ0) is 32.6. The number of halogens is 2. The molecule has 0 aromatic heterocycles. The van der Waals surface area contributed by atoms with Crippen molar-refractivity contribution >= 4 is 50.7 Å². The van der Waals surface area contributed by atoms with Gasteiger partial charge in [0.05, 0.1) is 24.8 Å². The number of aryl methyl sites for hydroxylation is 1. The highest BCUT2D eigenvalue weighted by molar-refractivity contribution is 7.92. The summed E-state index contributed by atoms with van der Waals surface area (Å²) in [5.74, 6) is -0.0914. The van der Waals surface area contributed by atoms with Gasteiger partial charge in [-0.2, -0.15) is 0 Å². The summed E-state index contributed by atoms with van der Waals surface area (Å²) in [6, 6.07) is 14.9. The molecule has 3 aromatic rings. The number of methoxy groups -OCH3 is 2. The number of hydrogen-bond donors (Lipinski definition) is 1. The minimum Gasteiger partial charge on any atom is -0.493 e. The average molecular weight is 665 g/mol. The van der Waals surface area contributed by atoms with Crippen LogP contribution in [0.15, 0.2) is 65.6 Å². The molecule has 3 aromatic carbocycles. The van der Waals surface area contributed by atoms with Gasteiger partial charge in [0, 0.05) is 29.2 Å². The molecule has 0 aliphatic heterocycles. The van der Waals surface area contributed by atoms with E-state index in [-0.39, 0.29) is 41.1 Å². The van der Waals surface area contributed by atoms with E-state index in [2.05, 4.69) is 5.32 Å². The summed E-state index contributed by atoms with van der Waals surface area (Å²) in [5.41, 5.74) is 1.61. The Morgan fingerprint density at radius 3 is 2.16 bits per heavy atom. The van der Waals surface area contributed by atoms with Gasteiger partial charge in [0.25, 0.3) is 10.0 Å². The molecule has 238 valence electrons. The summed E-state index contributed by atoms with van der Waals surface area (Å²) < 4.78 is 40.0. The van der Waals surface area contributed by atoms with Crippen molar-refractivity contribution < 1.29 is 27.5 Å². The van der Waals surface area contributed by atoms with Gasteiger partial charge in [-0.1, -0.05) is 67.7 Å². The third-order valence-electron chi connectivity index (χ3n) is 6.97. The SMILES string of the molecule is CC[C@H](C(=O)NCC(C)C)N(Cc1ccc(Cl)cc1Cl)C(=O)CN(c1ccc(OC)c(OC)c1)S(=O)(=O)c1ccc(C)cc1. The fourth-order valence-electron chi connectivity index (χ4n) is 4.52. The number of carbonyl (C=O) groups excluding carboxylic acids is 2. The summed E-state index contributed by atoms with van der Waals surface area (Å²) >= 11 is 12.6. The van der Waals surface area contributed by atoms with E-state index in [1.807, 2.05) is 20.8 Å². The van der Waals surface area contributed by atoms with Crippen LogP contribution in [0.25, 0.3) is 0 Å². The van der Waals surface area contributed by atoms with E-state index in [4.69, 9.17) is 32.7 Å². The first-order chi connectivity index (χ1) is 20.8. The van der Waals surface area contributed by atoms with E-state index in [0.29, 0.717) is 27.9 Å². The first-order valence-electron chi connectivity index (χ1n) is 14.1. The van der Waals surface area contributed by atoms with Gasteiger partial charge >= 0.3 is 0 Å². The predicted octanol–water partition coefficient (Wildman–Crippen LogP) is 6.09. The number of carbonyl (C=O) groups is 2. The number of hydrogen-bond acceptors (Lipinski definition) is 6. The fourth-order valence-corrected chi connectivity index (χ4v) is 6.40. The summed E-state index contributed by atoms with van der Waals surface area (Å²) in [6.45, 7) is 7.33. The molecule has 0 saturated heterocycles. The van der Waals surface area contributed by atoms with E-state index < -0.39 is 28.5 Å². The van der Waals surface area contributed by atoms with Gasteiger partial charge in [-0.05, 0) is 61.2 Å². The van der Waals surface area contributed by atoms with Gasteiger partial charge in [0.15, 0.2) is 11.5 Å². The molecule has 9 nitrogen and oxygen atoms in total. The largest absolute Gasteiger partial charge is 0.493 e. The Bertz CT molecular complexity index is 1560. The van der Waals surface area contributed by atoms with Crippen LogP contribution in [0.2, 0.25) is 10.0 Å². The Hall–Kier alpha value is -3.47. The molecule has 0 spiro atoms. The fraction of sp³-hybridized carbons (Fsp3) is 0.375. The van der Waals surface area contributed by atoms with E-state index in [9.17, 15) is 18.0 Å². The topological polar surface area (TPSA) is 105 Å². The van der Waals surface area contributed by atoms with Crippen LogP contribution in [-0.4, -0.2) is 58.5 Å². The number of amides is 2. The van der Waals surface area contributed by atoms with Crippen LogP contribution in [0.4, 0.5) is 5.69 Å². The zero-order valence-electron chi connectivity index (χ0n) is 25.8. The van der Waals surface area contributed by atoms with Crippen LogP contribution in [0.1, 0.15) is 38.3 Å². The smallest absolute Gasteiger partial charge is 0.264 e. The van der Waals surface area contributed by atoms with Crippen molar-refractivity contribution in [1.82, 2.24) is 10.2 Å². The molecule has 0 aliphatic carbocycles. The van der Waals surface area contributed by atoms with Crippen LogP contribution in [0, 0.1) is 12.8 Å². The number of benzene rings is 3. The van der Waals surface area contributed by atoms with Crippen molar-refractivity contribution in [3.05, 3.63) is 81.8 Å². The number of sulfonamides is 1. The molecule has 3 rings (SSSR count). The van der Waals surface area contributed by atoms with E-state index >= 15 is 0 Å². The van der Waals surface area contributed by atoms with Gasteiger partial charge in [-0.3, -0.25) is 13.9 Å². The van der Waals surface area contributed by atoms with Crippen LogP contribution in [0.3, 0.4) is 0 Å². The van der Waals surface area contributed by atoms with Gasteiger partial charge in [-0.25, -0.2) is 8.42 Å². The van der Waals surface area contributed by atoms with E-state index in [0.717, 1.165) is 9.87 Å². The van der Waals surface area contributed by atoms with Gasteiger partial charge in [0.2, 0.25) is 11.8 Å². The maximum Gasteiger partial charge on any atom is 0.264 e. The lowest BCUT2D eigenvalue weighted by molar-refractivity contribution is -0.140. The molecule has 0 radical (unpaired) electrons. The van der Waals surface area contributed by atoms with E-state index in [1.54, 1.807) is 43.3 Å². The Morgan fingerprint density at radius 2 is 1.59 bits per heavy atom. The quantitative estimate of drug-likeness (QED) is 0.224. The highest BCUT2D eigenvalue weighted by atomic mass is 35.5. The molecule has 2 amide bonds. The Morgan fingerprint density at radius 1 is 0.932 bits per heavy atom. The molecule has 44 heavy (non-hydrogen) atoms. The third-order valence-corrected chi connectivity index (χ3v) is 9.34. The summed E-state index contributed by atoms with van der Waals surface area (Å²) in [5, 5.41) is 3.64. The minimum absolute atomic E-state index is 0.000279. The van der Waals surface area contributed by atoms with Crippen LogP contribution < -0.4 is 19.1 Å². The molecule has 1 N–H and O–H groups in total. The Labute approximate surface area is 270 Å². The van der Waals surface area contributed by atoms with Crippen LogP contribution >= 0.6 is 23.2 Å². The molecule has 0 unspecified atom stereocenters. The second-order valence-electron chi connectivity index (χ2n) is 10.7. The predicted molar refractivity (Wildman–Crippen MR) is 174 cm³/mol. The highest BCUT2D eigenvalue weighted by Crippen LogP contribution is 2.34. The molecule has 0 aliphatic rings. The Kier molecular flexibility index (Phi) is 12.3. The normalized spacial score (nSPS) is 12.0. The average Bonchev–Trinajstić information content (AvgIpc) is 2.99. The lowest BCUT2D eigenvalue weighted by Crippen LogP contribution is -2.52. The maximum atomic E-state index is 14.3. The lowest BCUT2D eigenvalue weighted by Gasteiger charge is -2.33. The summed E-state index contributed by atoms with van der Waals surface area (Å²) in [7, 11) is -1.35. The molecule has 0 bridgehead atoms. The highest BCUT2D eigenvalue weighted by Gasteiger charge is 2.34. The number of rotatable bonds is 14. The zero-order valence-corrected chi connectivity index (χ0v) is 28.1. The number of nitrogens with zero attached hydrogens (tertiary/aromatic N) is 2. The summed E-state index contributed by atoms with van der Waals surface area (Å²) in [4.78, 5) is 29.0. The molecule has 0 saturated carbocycles. The molecule has 0 heterocycles. The van der Waals surface area contributed by atoms with Crippen molar-refractivity contribution in [3.63, 3.8) is 0 Å². The molecule has 12 heteroatoms. The van der Waals surface area contributed by atoms with Crippen molar-refractivity contribution in [3.8, 4) is 11.5 Å². The minimum atomic E-state index is -4.26. The molecular formula is C32H39Cl2N3O6S. The number of anilines is 1. The first-order valence-corrected chi connectivity index (χ1v) is 16.3. The second kappa shape index (κ2) is 15.5. The number of nitrogens with one attached hydrogen (secondary N) is 1. The maximum absolute atomic E-state index is 14.3. The van der Waals surface area contributed by atoms with Crippen molar-refractivity contribution in [1.29, 1.82) is 0 Å². The second-order valence-corrected chi connectivity index (χ2v) is 13.4. The van der Waals surface area contributed by atoms with E-state index in [1.165, 1.54) is 43.4 Å². The first kappa shape index (κ1) is 35.0. The van der Waals surface area contributed by atoms with Crippen molar-refractivity contribution in [2.24, 2.45) is 5.92 Å². The summed E-state index contributed by atoms with van der Waals surface area (Å²) in [6.07, 6.45) is 0.280. The number of ether oxygens (including phenoxy) is 2. The molecule has 0 fully saturated rings. The third kappa shape index (κ3) is 8.58. The lowest BCUT2D eigenvalue weighted by atomic mass is 10.1. The van der Waals surface area contributed by atoms with Gasteiger partial charge in [-0.15, -0.1) is 0 Å². The van der Waals surface area contributed by atoms with Crippen molar-refractivity contribution in [2.45, 2.75) is 51.6 Å². The van der Waals surface area contributed by atoms with Crippen molar-refractivity contribution in [2.75, 3.05) is 31.6 Å². The van der Waals surface area contributed by atoms with Gasteiger partial charge in [0.1, 0.15) is 12.6 Å². The monoisotopic (exact) mass is 663 g/mol. The molecular weight excluding hydrogens is 625 g/mol. The standard InChI is InChI=1S/C32H39Cl2N3O6S/c1-7-28(32(39)35-18-21(2)3)36(19-23-10-11-24(33)16-27(23)34)31(38)20-37(25-12-15-29(42-5)30(17-25)43-6)44(40,41)26-13-8-22(4)9-14-26/h8-17,21,28H,7,18-20H2,1-6H3,(H,35,39)/t28-/m1/s1. The van der Waals surface area contributed by atoms with Crippen LogP contribution in [-0.2, 0) is 26.2 Å². The van der Waals surface area contributed by atoms with Crippen LogP contribution in [0.5, 0.6) is 11.5 Å². The van der Waals surface area contributed by atoms with Gasteiger partial charge < -0.3 is 19.7 Å². The molecule has 1 atom stereocenters. The Balaban J connectivity index is 2.13.